The molecule has 3 nitrogen and oxygen atoms in total. The van der Waals surface area contributed by atoms with E-state index < -0.39 is 0 Å². The smallest absolute Gasteiger partial charge is 0.308 e. The van der Waals surface area contributed by atoms with Crippen molar-refractivity contribution in [1.29, 1.82) is 0 Å². The molecule has 3 heteroatoms. The minimum absolute atomic E-state index is 0.0496. The van der Waals surface area contributed by atoms with Gasteiger partial charge in [-0.15, -0.1) is 0 Å². The van der Waals surface area contributed by atoms with Crippen LogP contribution in [0.5, 0.6) is 5.75 Å². The van der Waals surface area contributed by atoms with Crippen molar-refractivity contribution in [3.63, 3.8) is 0 Å². The lowest BCUT2D eigenvalue weighted by Gasteiger charge is -2.18. The van der Waals surface area contributed by atoms with Gasteiger partial charge in [-0.05, 0) is 18.9 Å². The minimum Gasteiger partial charge on any atom is -0.490 e. The molecule has 0 aliphatic heterocycles. The first-order valence-electron chi connectivity index (χ1n) is 7.94. The van der Waals surface area contributed by atoms with E-state index in [1.54, 1.807) is 0 Å². The number of hydrogen-bond donors (Lipinski definition) is 0. The summed E-state index contributed by atoms with van der Waals surface area (Å²) in [6, 6.07) is 8.05. The Labute approximate surface area is 132 Å². The average molecular weight is 300 g/mol. The molecule has 1 aromatic rings. The molecule has 1 aromatic carbocycles. The van der Waals surface area contributed by atoms with Crippen LogP contribution in [-0.2, 0) is 9.53 Å². The van der Waals surface area contributed by atoms with E-state index in [1.165, 1.54) is 5.56 Å². The molecule has 2 atom stereocenters. The highest BCUT2D eigenvalue weighted by atomic mass is 16.6. The molecule has 0 heterocycles. The fourth-order valence-electron chi connectivity index (χ4n) is 2.33. The Morgan fingerprint density at radius 1 is 1.27 bits per heavy atom. The van der Waals surface area contributed by atoms with Gasteiger partial charge in [0.15, 0.2) is 0 Å². The molecule has 118 valence electrons. The Hall–Kier alpha value is -2.03. The van der Waals surface area contributed by atoms with Gasteiger partial charge < -0.3 is 9.47 Å². The van der Waals surface area contributed by atoms with Crippen molar-refractivity contribution in [2.45, 2.75) is 32.6 Å². The SMILES string of the molecule is CCC(C)C(=O)OCCOc1ccccc1C1C=CC=CC1. The Balaban J connectivity index is 1.87. The topological polar surface area (TPSA) is 35.5 Å². The van der Waals surface area contributed by atoms with E-state index in [0.717, 1.165) is 18.6 Å². The molecule has 0 spiro atoms. The van der Waals surface area contributed by atoms with Gasteiger partial charge in [-0.3, -0.25) is 4.79 Å². The summed E-state index contributed by atoms with van der Waals surface area (Å²) in [6.45, 7) is 4.52. The molecular weight excluding hydrogens is 276 g/mol. The molecular formula is C19H24O3. The molecule has 0 saturated heterocycles. The van der Waals surface area contributed by atoms with Crippen LogP contribution in [0.25, 0.3) is 0 Å². The summed E-state index contributed by atoms with van der Waals surface area (Å²) in [6.07, 6.45) is 10.3. The molecule has 1 aliphatic carbocycles. The zero-order chi connectivity index (χ0) is 15.8. The lowest BCUT2D eigenvalue weighted by Crippen LogP contribution is -2.18. The first kappa shape index (κ1) is 16.3. The molecule has 0 radical (unpaired) electrons. The predicted octanol–water partition coefficient (Wildman–Crippen LogP) is 4.25. The van der Waals surface area contributed by atoms with Gasteiger partial charge in [0.25, 0.3) is 0 Å². The maximum absolute atomic E-state index is 11.6. The predicted molar refractivity (Wildman–Crippen MR) is 88.0 cm³/mol. The summed E-state index contributed by atoms with van der Waals surface area (Å²) in [4.78, 5) is 11.6. The van der Waals surface area contributed by atoms with Crippen molar-refractivity contribution in [2.24, 2.45) is 5.92 Å². The summed E-state index contributed by atoms with van der Waals surface area (Å²) in [5.74, 6) is 1.02. The highest BCUT2D eigenvalue weighted by Gasteiger charge is 2.14. The first-order chi connectivity index (χ1) is 10.7. The molecule has 0 amide bonds. The molecule has 0 aromatic heterocycles. The maximum atomic E-state index is 11.6. The van der Waals surface area contributed by atoms with E-state index in [4.69, 9.17) is 9.47 Å². The lowest BCUT2D eigenvalue weighted by molar-refractivity contribution is -0.148. The number of allylic oxidation sites excluding steroid dienone is 4. The van der Waals surface area contributed by atoms with Crippen molar-refractivity contribution in [3.05, 3.63) is 54.1 Å². The number of esters is 1. The van der Waals surface area contributed by atoms with Crippen LogP contribution in [0.3, 0.4) is 0 Å². The third-order valence-corrected chi connectivity index (χ3v) is 3.90. The van der Waals surface area contributed by atoms with Crippen molar-refractivity contribution in [3.8, 4) is 5.75 Å². The third-order valence-electron chi connectivity index (χ3n) is 3.90. The van der Waals surface area contributed by atoms with Crippen LogP contribution < -0.4 is 4.74 Å². The number of benzene rings is 1. The Morgan fingerprint density at radius 3 is 2.82 bits per heavy atom. The van der Waals surface area contributed by atoms with Crippen molar-refractivity contribution >= 4 is 5.97 Å². The van der Waals surface area contributed by atoms with Crippen molar-refractivity contribution < 1.29 is 14.3 Å². The monoisotopic (exact) mass is 300 g/mol. The summed E-state index contributed by atoms with van der Waals surface area (Å²) in [7, 11) is 0. The minimum atomic E-state index is -0.153. The van der Waals surface area contributed by atoms with Gasteiger partial charge in [0, 0.05) is 11.5 Å². The van der Waals surface area contributed by atoms with E-state index in [2.05, 4.69) is 30.4 Å². The molecule has 0 N–H and O–H groups in total. The lowest BCUT2D eigenvalue weighted by atomic mass is 9.92. The van der Waals surface area contributed by atoms with Gasteiger partial charge in [-0.2, -0.15) is 0 Å². The number of rotatable bonds is 7. The molecule has 2 unspecified atom stereocenters. The van der Waals surface area contributed by atoms with Crippen LogP contribution in [0, 0.1) is 5.92 Å². The third kappa shape index (κ3) is 4.48. The molecule has 0 fully saturated rings. The van der Waals surface area contributed by atoms with Gasteiger partial charge >= 0.3 is 5.97 Å². The number of carbonyl (C=O) groups is 1. The number of carbonyl (C=O) groups excluding carboxylic acids is 1. The van der Waals surface area contributed by atoms with E-state index in [9.17, 15) is 4.79 Å². The number of ether oxygens (including phenoxy) is 2. The molecule has 0 bridgehead atoms. The van der Waals surface area contributed by atoms with E-state index in [1.807, 2.05) is 32.0 Å². The summed E-state index contributed by atoms with van der Waals surface area (Å²) in [5.41, 5.74) is 1.18. The molecule has 0 saturated carbocycles. The largest absolute Gasteiger partial charge is 0.490 e. The highest BCUT2D eigenvalue weighted by Crippen LogP contribution is 2.31. The fourth-order valence-corrected chi connectivity index (χ4v) is 2.33. The zero-order valence-corrected chi connectivity index (χ0v) is 13.3. The van der Waals surface area contributed by atoms with E-state index >= 15 is 0 Å². The Morgan fingerprint density at radius 2 is 2.09 bits per heavy atom. The number of para-hydroxylation sites is 1. The van der Waals surface area contributed by atoms with E-state index in [-0.39, 0.29) is 18.5 Å². The quantitative estimate of drug-likeness (QED) is 0.557. The Bertz CT molecular complexity index is 545. The molecule has 22 heavy (non-hydrogen) atoms. The van der Waals surface area contributed by atoms with Gasteiger partial charge in [0.1, 0.15) is 19.0 Å². The van der Waals surface area contributed by atoms with E-state index in [0.29, 0.717) is 12.5 Å². The average Bonchev–Trinajstić information content (AvgIpc) is 2.59. The summed E-state index contributed by atoms with van der Waals surface area (Å²) in [5, 5.41) is 0. The van der Waals surface area contributed by atoms with Crippen LogP contribution in [-0.4, -0.2) is 19.2 Å². The second-order valence-electron chi connectivity index (χ2n) is 5.52. The highest BCUT2D eigenvalue weighted by molar-refractivity contribution is 5.71. The van der Waals surface area contributed by atoms with Crippen molar-refractivity contribution in [2.75, 3.05) is 13.2 Å². The van der Waals surface area contributed by atoms with Crippen molar-refractivity contribution in [1.82, 2.24) is 0 Å². The van der Waals surface area contributed by atoms with Crippen LogP contribution in [0.15, 0.2) is 48.6 Å². The maximum Gasteiger partial charge on any atom is 0.308 e. The van der Waals surface area contributed by atoms with Gasteiger partial charge in [-0.1, -0.05) is 56.4 Å². The standard InChI is InChI=1S/C19H24O3/c1-3-15(2)19(20)22-14-13-21-18-12-8-7-11-17(18)16-9-5-4-6-10-16/h4-9,11-12,15-16H,3,10,13-14H2,1-2H3. The zero-order valence-electron chi connectivity index (χ0n) is 13.3. The van der Waals surface area contributed by atoms with Crippen LogP contribution in [0.1, 0.15) is 38.2 Å². The van der Waals surface area contributed by atoms with Gasteiger partial charge in [0.2, 0.25) is 0 Å². The van der Waals surface area contributed by atoms with Gasteiger partial charge in [-0.25, -0.2) is 0 Å². The summed E-state index contributed by atoms with van der Waals surface area (Å²) >= 11 is 0. The normalized spacial score (nSPS) is 18.0. The van der Waals surface area contributed by atoms with Gasteiger partial charge in [0.05, 0.1) is 5.92 Å². The van der Waals surface area contributed by atoms with Crippen LogP contribution in [0.2, 0.25) is 0 Å². The fraction of sp³-hybridized carbons (Fsp3) is 0.421. The summed E-state index contributed by atoms with van der Waals surface area (Å²) < 4.78 is 11.0. The second-order valence-corrected chi connectivity index (χ2v) is 5.52. The molecule has 2 rings (SSSR count). The first-order valence-corrected chi connectivity index (χ1v) is 7.94. The van der Waals surface area contributed by atoms with Crippen LogP contribution in [0.4, 0.5) is 0 Å². The second kappa shape index (κ2) is 8.42. The van der Waals surface area contributed by atoms with Crippen LogP contribution >= 0.6 is 0 Å². The molecule has 1 aliphatic rings. The number of hydrogen-bond acceptors (Lipinski definition) is 3. The Kier molecular flexibility index (Phi) is 6.26.